The predicted molar refractivity (Wildman–Crippen MR) is 148 cm³/mol. The predicted octanol–water partition coefficient (Wildman–Crippen LogP) is 3.39. The minimum Gasteiger partial charge on any atom is -1.00 e. The summed E-state index contributed by atoms with van der Waals surface area (Å²) in [5, 5.41) is 4.72. The van der Waals surface area contributed by atoms with Gasteiger partial charge in [-0.1, -0.05) is 91.0 Å². The largest absolute Gasteiger partial charge is 1.00 e. The lowest BCUT2D eigenvalue weighted by Gasteiger charge is -2.25. The number of hydrogen-bond donors (Lipinski definition) is 0. The highest BCUT2D eigenvalue weighted by atomic mass is 127. The second kappa shape index (κ2) is 11.6. The fourth-order valence-corrected chi connectivity index (χ4v) is 9.55. The van der Waals surface area contributed by atoms with E-state index >= 15 is 0 Å². The average molecular weight is 607 g/mol. The smallest absolute Gasteiger partial charge is 0.251 e. The van der Waals surface area contributed by atoms with Crippen molar-refractivity contribution in [3.8, 4) is 11.5 Å². The molecule has 0 spiro atoms. The molecule has 0 aliphatic rings. The van der Waals surface area contributed by atoms with E-state index < -0.39 is 7.26 Å². The third-order valence-electron chi connectivity index (χ3n) is 5.90. The number of benzene rings is 4. The molecule has 1 heterocycles. The van der Waals surface area contributed by atoms with Crippen LogP contribution in [0.3, 0.4) is 0 Å². The van der Waals surface area contributed by atoms with Crippen LogP contribution in [0.4, 0.5) is 0 Å². The zero-order valence-corrected chi connectivity index (χ0v) is 23.6. The summed E-state index contributed by atoms with van der Waals surface area (Å²) in [6.45, 7) is 4.26. The van der Waals surface area contributed by atoms with Crippen LogP contribution in [0.5, 0.6) is 0 Å². The maximum absolute atomic E-state index is 6.53. The Morgan fingerprint density at radius 2 is 1.14 bits per heavy atom. The third-order valence-corrected chi connectivity index (χ3v) is 11.0. The van der Waals surface area contributed by atoms with E-state index in [4.69, 9.17) is 9.40 Å². The van der Waals surface area contributed by atoms with E-state index in [0.29, 0.717) is 5.89 Å². The lowest BCUT2D eigenvalue weighted by atomic mass is 10.1. The lowest BCUT2D eigenvalue weighted by molar-refractivity contribution is -0.00000714. The van der Waals surface area contributed by atoms with Gasteiger partial charge in [-0.3, -0.25) is 0 Å². The minimum absolute atomic E-state index is 0. The molecule has 0 unspecified atom stereocenters. The Kier molecular flexibility index (Phi) is 8.48. The Bertz CT molecular complexity index is 1260. The van der Waals surface area contributed by atoms with Gasteiger partial charge >= 0.3 is 0 Å². The molecule has 5 aromatic rings. The monoisotopic (exact) mass is 607 g/mol. The fourth-order valence-electron chi connectivity index (χ4n) is 4.32. The topological polar surface area (TPSA) is 26.0 Å². The molecule has 0 radical (unpaired) electrons. The van der Waals surface area contributed by atoms with Gasteiger partial charge in [0.05, 0.1) is 0 Å². The normalized spacial score (nSPS) is 11.1. The molecule has 35 heavy (non-hydrogen) atoms. The lowest BCUT2D eigenvalue weighted by Crippen LogP contribution is -3.00. The van der Waals surface area contributed by atoms with Crippen molar-refractivity contribution in [3.05, 3.63) is 121 Å². The number of nitrogens with zero attached hydrogens (tertiary/aromatic N) is 1. The van der Waals surface area contributed by atoms with Crippen LogP contribution in [0.25, 0.3) is 11.5 Å². The fraction of sp³-hybridized carbons (Fsp3) is 0.100. The van der Waals surface area contributed by atoms with Crippen molar-refractivity contribution in [2.75, 3.05) is 5.75 Å². The molecule has 0 atom stereocenters. The Balaban J connectivity index is 0.00000289. The van der Waals surface area contributed by atoms with Crippen LogP contribution in [-0.4, -0.2) is 10.7 Å². The SMILES string of the molecule is CCSc1oc(-c2ccc(C)cc2)nc1[P+](c1ccccc1)(c1ccccc1)c1ccccc1.[I-]. The van der Waals surface area contributed by atoms with Crippen LogP contribution in [0.15, 0.2) is 125 Å². The van der Waals surface area contributed by atoms with Crippen molar-refractivity contribution < 1.29 is 28.4 Å². The van der Waals surface area contributed by atoms with Gasteiger partial charge in [0.2, 0.25) is 11.0 Å². The van der Waals surface area contributed by atoms with E-state index in [9.17, 15) is 0 Å². The van der Waals surface area contributed by atoms with Gasteiger partial charge in [-0.2, -0.15) is 4.98 Å². The molecule has 0 aliphatic carbocycles. The molecule has 5 rings (SSSR count). The first-order valence-electron chi connectivity index (χ1n) is 11.5. The summed E-state index contributed by atoms with van der Waals surface area (Å²) in [4.78, 5) is 5.29. The molecule has 0 N–H and O–H groups in total. The summed E-state index contributed by atoms with van der Waals surface area (Å²) in [5.41, 5.74) is 3.26. The molecule has 176 valence electrons. The summed E-state index contributed by atoms with van der Waals surface area (Å²) < 4.78 is 6.53. The second-order valence-electron chi connectivity index (χ2n) is 8.11. The molecule has 0 saturated carbocycles. The van der Waals surface area contributed by atoms with Gasteiger partial charge in [-0.05, 0) is 61.2 Å². The van der Waals surface area contributed by atoms with Crippen molar-refractivity contribution in [3.63, 3.8) is 0 Å². The quantitative estimate of drug-likeness (QED) is 0.161. The highest BCUT2D eigenvalue weighted by Gasteiger charge is 2.52. The van der Waals surface area contributed by atoms with Crippen LogP contribution in [0, 0.1) is 6.92 Å². The molecule has 1 aromatic heterocycles. The minimum atomic E-state index is -2.31. The number of halogens is 1. The van der Waals surface area contributed by atoms with Gasteiger partial charge in [-0.15, -0.1) is 0 Å². The van der Waals surface area contributed by atoms with Gasteiger partial charge in [0.15, 0.2) is 7.26 Å². The van der Waals surface area contributed by atoms with Gasteiger partial charge < -0.3 is 28.4 Å². The average Bonchev–Trinajstić information content (AvgIpc) is 3.31. The number of aromatic nitrogens is 1. The van der Waals surface area contributed by atoms with Crippen LogP contribution < -0.4 is 45.3 Å². The molecule has 0 bridgehead atoms. The summed E-state index contributed by atoms with van der Waals surface area (Å²) in [6.07, 6.45) is 0. The maximum Gasteiger partial charge on any atom is 0.251 e. The molecule has 5 heteroatoms. The maximum atomic E-state index is 6.53. The second-order valence-corrected chi connectivity index (χ2v) is 12.7. The molecule has 0 saturated heterocycles. The van der Waals surface area contributed by atoms with E-state index in [2.05, 4.69) is 129 Å². The molecular weight excluding hydrogens is 580 g/mol. The summed E-state index contributed by atoms with van der Waals surface area (Å²) in [7, 11) is -2.31. The van der Waals surface area contributed by atoms with Crippen LogP contribution >= 0.6 is 19.0 Å². The van der Waals surface area contributed by atoms with E-state index in [1.54, 1.807) is 11.8 Å². The summed E-state index contributed by atoms with van der Waals surface area (Å²) in [5.74, 6) is 1.59. The van der Waals surface area contributed by atoms with E-state index in [1.807, 2.05) is 0 Å². The molecule has 4 aromatic carbocycles. The van der Waals surface area contributed by atoms with Gasteiger partial charge in [0.1, 0.15) is 15.9 Å². The number of rotatable bonds is 7. The molecule has 2 nitrogen and oxygen atoms in total. The van der Waals surface area contributed by atoms with E-state index in [1.165, 1.54) is 21.5 Å². The Labute approximate surface area is 229 Å². The van der Waals surface area contributed by atoms with Gasteiger partial charge in [-0.25, -0.2) is 0 Å². The van der Waals surface area contributed by atoms with E-state index in [0.717, 1.165) is 21.8 Å². The Hall–Kier alpha value is -2.40. The van der Waals surface area contributed by atoms with Crippen molar-refractivity contribution in [1.29, 1.82) is 0 Å². The third kappa shape index (κ3) is 4.97. The molecule has 0 amide bonds. The summed E-state index contributed by atoms with van der Waals surface area (Å²) in [6, 6.07) is 40.9. The first-order chi connectivity index (χ1) is 16.7. The zero-order valence-electron chi connectivity index (χ0n) is 19.8. The number of aryl methyl sites for hydroxylation is 1. The van der Waals surface area contributed by atoms with Crippen molar-refractivity contribution >= 4 is 40.4 Å². The Morgan fingerprint density at radius 3 is 1.57 bits per heavy atom. The molecular formula is C30H27INOPS. The Morgan fingerprint density at radius 1 is 0.686 bits per heavy atom. The first-order valence-corrected chi connectivity index (χ1v) is 14.3. The number of hydrogen-bond acceptors (Lipinski definition) is 3. The standard InChI is InChI=1S/C30H27NOPS.HI/c1-3-34-30-29(31-28(32-30)24-21-19-23(2)20-22-24)33(25-13-7-4-8-14-25,26-15-9-5-10-16-26)27-17-11-6-12-18-27;/h4-22H,3H2,1-2H3;1H/q+1;/p-1. The van der Waals surface area contributed by atoms with Crippen LogP contribution in [0.2, 0.25) is 0 Å². The highest BCUT2D eigenvalue weighted by molar-refractivity contribution is 8.04. The van der Waals surface area contributed by atoms with E-state index in [-0.39, 0.29) is 24.0 Å². The van der Waals surface area contributed by atoms with Crippen molar-refractivity contribution in [1.82, 2.24) is 4.98 Å². The summed E-state index contributed by atoms with van der Waals surface area (Å²) >= 11 is 1.73. The number of thioether (sulfide) groups is 1. The van der Waals surface area contributed by atoms with Crippen LogP contribution in [-0.2, 0) is 0 Å². The highest BCUT2D eigenvalue weighted by Crippen LogP contribution is 2.56. The first kappa shape index (κ1) is 25.7. The van der Waals surface area contributed by atoms with Gasteiger partial charge in [0.25, 0.3) is 5.44 Å². The number of oxazole rings is 1. The van der Waals surface area contributed by atoms with Crippen molar-refractivity contribution in [2.45, 2.75) is 18.9 Å². The van der Waals surface area contributed by atoms with Gasteiger partial charge in [0, 0.05) is 5.56 Å². The van der Waals surface area contributed by atoms with Crippen molar-refractivity contribution in [2.24, 2.45) is 0 Å². The molecule has 0 fully saturated rings. The zero-order chi connectivity index (χ0) is 23.4. The van der Waals surface area contributed by atoms with Crippen LogP contribution in [0.1, 0.15) is 12.5 Å². The molecule has 0 aliphatic heterocycles.